The van der Waals surface area contributed by atoms with Gasteiger partial charge in [-0.15, -0.1) is 0 Å². The number of pyridine rings is 1. The van der Waals surface area contributed by atoms with Crippen molar-refractivity contribution in [3.63, 3.8) is 0 Å². The maximum absolute atomic E-state index is 11.9. The molecule has 2 heterocycles. The van der Waals surface area contributed by atoms with E-state index >= 15 is 0 Å². The third-order valence-electron chi connectivity index (χ3n) is 3.35. The van der Waals surface area contributed by atoms with Crippen LogP contribution in [0.2, 0.25) is 5.15 Å². The van der Waals surface area contributed by atoms with Gasteiger partial charge in [-0.1, -0.05) is 22.8 Å². The van der Waals surface area contributed by atoms with Gasteiger partial charge in [-0.25, -0.2) is 4.98 Å². The molecule has 0 saturated carbocycles. The maximum atomic E-state index is 11.9. The molecule has 0 fully saturated rings. The summed E-state index contributed by atoms with van der Waals surface area (Å²) in [6, 6.07) is 8.42. The minimum absolute atomic E-state index is 0.284. The summed E-state index contributed by atoms with van der Waals surface area (Å²) in [5.41, 5.74) is 12.9. The lowest BCUT2D eigenvalue weighted by atomic mass is 10.0. The van der Waals surface area contributed by atoms with E-state index in [1.54, 1.807) is 43.5 Å². The van der Waals surface area contributed by atoms with Crippen LogP contribution in [0.25, 0.3) is 22.8 Å². The first kappa shape index (κ1) is 16.6. The van der Waals surface area contributed by atoms with E-state index in [1.807, 2.05) is 0 Å². The average molecular weight is 357 g/mol. The normalized spacial score (nSPS) is 10.5. The molecule has 25 heavy (non-hydrogen) atoms. The Hall–Kier alpha value is -3.26. The Labute approximate surface area is 147 Å². The molecule has 8 nitrogen and oxygen atoms in total. The van der Waals surface area contributed by atoms with Gasteiger partial charge in [0.05, 0.1) is 5.56 Å². The number of carbonyl (C=O) groups is 1. The van der Waals surface area contributed by atoms with Gasteiger partial charge in [0, 0.05) is 17.3 Å². The van der Waals surface area contributed by atoms with Crippen molar-refractivity contribution in [3.8, 4) is 22.8 Å². The molecule has 0 unspecified atom stereocenters. The van der Waals surface area contributed by atoms with E-state index in [0.29, 0.717) is 39.1 Å². The number of rotatable bonds is 3. The topological polar surface area (TPSA) is 133 Å². The lowest BCUT2D eigenvalue weighted by Crippen LogP contribution is -2.24. The van der Waals surface area contributed by atoms with Gasteiger partial charge in [0.25, 0.3) is 11.8 Å². The SMILES string of the molecule is Cc1cc(-c2noc(-c3ccc(Cl)nc3)n2)ccc1C(=O)N=C(N)N. The minimum atomic E-state index is -0.509. The van der Waals surface area contributed by atoms with Crippen molar-refractivity contribution in [2.75, 3.05) is 0 Å². The monoisotopic (exact) mass is 356 g/mol. The molecule has 2 aromatic heterocycles. The van der Waals surface area contributed by atoms with Crippen LogP contribution < -0.4 is 11.5 Å². The first-order chi connectivity index (χ1) is 11.9. The zero-order valence-corrected chi connectivity index (χ0v) is 13.9. The van der Waals surface area contributed by atoms with Crippen molar-refractivity contribution in [3.05, 3.63) is 52.8 Å². The van der Waals surface area contributed by atoms with Gasteiger partial charge in [-0.3, -0.25) is 4.79 Å². The zero-order valence-electron chi connectivity index (χ0n) is 13.1. The van der Waals surface area contributed by atoms with E-state index in [2.05, 4.69) is 20.1 Å². The van der Waals surface area contributed by atoms with Gasteiger partial charge in [0.15, 0.2) is 5.96 Å². The van der Waals surface area contributed by atoms with Crippen molar-refractivity contribution >= 4 is 23.5 Å². The predicted molar refractivity (Wildman–Crippen MR) is 92.9 cm³/mol. The third kappa shape index (κ3) is 3.64. The van der Waals surface area contributed by atoms with Gasteiger partial charge in [0.1, 0.15) is 5.15 Å². The number of amides is 1. The summed E-state index contributed by atoms with van der Waals surface area (Å²) in [5, 5.41) is 4.33. The highest BCUT2D eigenvalue weighted by Gasteiger charge is 2.14. The summed E-state index contributed by atoms with van der Waals surface area (Å²) in [6.07, 6.45) is 1.54. The number of hydrogen-bond donors (Lipinski definition) is 2. The Morgan fingerprint density at radius 1 is 1.20 bits per heavy atom. The molecule has 0 bridgehead atoms. The smallest absolute Gasteiger partial charge is 0.280 e. The number of nitrogens with zero attached hydrogens (tertiary/aromatic N) is 4. The molecule has 0 spiro atoms. The predicted octanol–water partition coefficient (Wildman–Crippen LogP) is 2.17. The van der Waals surface area contributed by atoms with Crippen molar-refractivity contribution in [2.45, 2.75) is 6.92 Å². The van der Waals surface area contributed by atoms with Gasteiger partial charge in [0.2, 0.25) is 5.82 Å². The Morgan fingerprint density at radius 3 is 2.60 bits per heavy atom. The number of aliphatic imine (C=N–C) groups is 1. The molecule has 1 aromatic carbocycles. The molecule has 0 aliphatic carbocycles. The van der Waals surface area contributed by atoms with Crippen LogP contribution in [-0.4, -0.2) is 27.0 Å². The molecule has 9 heteroatoms. The fourth-order valence-corrected chi connectivity index (χ4v) is 2.29. The number of halogens is 1. The summed E-state index contributed by atoms with van der Waals surface area (Å²) >= 11 is 5.76. The molecule has 0 aliphatic heterocycles. The number of nitrogens with two attached hydrogens (primary N) is 2. The van der Waals surface area contributed by atoms with Crippen LogP contribution in [0.4, 0.5) is 0 Å². The molecule has 4 N–H and O–H groups in total. The molecule has 0 aliphatic rings. The van der Waals surface area contributed by atoms with Crippen molar-refractivity contribution in [1.82, 2.24) is 15.1 Å². The number of aryl methyl sites for hydroxylation is 1. The van der Waals surface area contributed by atoms with Crippen molar-refractivity contribution in [2.24, 2.45) is 16.5 Å². The third-order valence-corrected chi connectivity index (χ3v) is 3.57. The molecule has 0 saturated heterocycles. The van der Waals surface area contributed by atoms with Crippen LogP contribution in [0, 0.1) is 6.92 Å². The van der Waals surface area contributed by atoms with Gasteiger partial charge >= 0.3 is 0 Å². The molecule has 0 radical (unpaired) electrons. The number of aromatic nitrogens is 3. The minimum Gasteiger partial charge on any atom is -0.370 e. The van der Waals surface area contributed by atoms with Gasteiger partial charge in [-0.05, 0) is 36.8 Å². The van der Waals surface area contributed by atoms with E-state index < -0.39 is 5.91 Å². The average Bonchev–Trinajstić information content (AvgIpc) is 3.04. The fraction of sp³-hybridized carbons (Fsp3) is 0.0625. The standard InChI is InChI=1S/C16H13ClN6O2/c1-8-6-9(2-4-11(8)14(24)22-16(18)19)13-21-15(25-23-13)10-3-5-12(17)20-7-10/h2-7H,1H3,(H4,18,19,22,24). The lowest BCUT2D eigenvalue weighted by molar-refractivity contribution is 0.100. The molecule has 3 aromatic rings. The van der Waals surface area contributed by atoms with Crippen LogP contribution in [0.15, 0.2) is 46.0 Å². The summed E-state index contributed by atoms with van der Waals surface area (Å²) < 4.78 is 5.25. The van der Waals surface area contributed by atoms with E-state index in [0.717, 1.165) is 0 Å². The number of hydrogen-bond acceptors (Lipinski definition) is 5. The zero-order chi connectivity index (χ0) is 18.0. The lowest BCUT2D eigenvalue weighted by Gasteiger charge is -2.03. The fourth-order valence-electron chi connectivity index (χ4n) is 2.18. The van der Waals surface area contributed by atoms with E-state index in [4.69, 9.17) is 27.6 Å². The van der Waals surface area contributed by atoms with Crippen LogP contribution in [-0.2, 0) is 0 Å². The molecule has 1 amide bonds. The van der Waals surface area contributed by atoms with Crippen molar-refractivity contribution < 1.29 is 9.32 Å². The highest BCUT2D eigenvalue weighted by atomic mass is 35.5. The second-order valence-corrected chi connectivity index (χ2v) is 5.55. The number of benzene rings is 1. The summed E-state index contributed by atoms with van der Waals surface area (Å²) in [7, 11) is 0. The number of carbonyl (C=O) groups excluding carboxylic acids is 1. The highest BCUT2D eigenvalue weighted by Crippen LogP contribution is 2.24. The van der Waals surface area contributed by atoms with E-state index in [-0.39, 0.29) is 5.96 Å². The maximum Gasteiger partial charge on any atom is 0.280 e. The van der Waals surface area contributed by atoms with E-state index in [9.17, 15) is 4.79 Å². The molecule has 0 atom stereocenters. The second kappa shape index (κ2) is 6.70. The Kier molecular flexibility index (Phi) is 4.44. The first-order valence-electron chi connectivity index (χ1n) is 7.14. The summed E-state index contributed by atoms with van der Waals surface area (Å²) in [6.45, 7) is 1.77. The molecule has 3 rings (SSSR count). The van der Waals surface area contributed by atoms with Crippen molar-refractivity contribution in [1.29, 1.82) is 0 Å². The van der Waals surface area contributed by atoms with Crippen LogP contribution in [0.3, 0.4) is 0 Å². The Bertz CT molecular complexity index is 961. The van der Waals surface area contributed by atoms with Crippen LogP contribution in [0.5, 0.6) is 0 Å². The van der Waals surface area contributed by atoms with Gasteiger partial charge in [-0.2, -0.15) is 9.98 Å². The molecule has 126 valence electrons. The second-order valence-electron chi connectivity index (χ2n) is 5.16. The Morgan fingerprint density at radius 2 is 1.96 bits per heavy atom. The first-order valence-corrected chi connectivity index (χ1v) is 7.52. The summed E-state index contributed by atoms with van der Waals surface area (Å²) in [5.74, 6) is -0.0932. The molecular weight excluding hydrogens is 344 g/mol. The largest absolute Gasteiger partial charge is 0.370 e. The summed E-state index contributed by atoms with van der Waals surface area (Å²) in [4.78, 5) is 23.8. The van der Waals surface area contributed by atoms with Gasteiger partial charge < -0.3 is 16.0 Å². The number of guanidine groups is 1. The van der Waals surface area contributed by atoms with Crippen LogP contribution in [0.1, 0.15) is 15.9 Å². The molecular formula is C16H13ClN6O2. The quantitative estimate of drug-likeness (QED) is 0.417. The highest BCUT2D eigenvalue weighted by molar-refractivity contribution is 6.29. The Balaban J connectivity index is 1.90. The van der Waals surface area contributed by atoms with E-state index in [1.165, 1.54) is 0 Å². The van der Waals surface area contributed by atoms with Crippen LogP contribution >= 0.6 is 11.6 Å².